The Morgan fingerprint density at radius 3 is 2.12 bits per heavy atom. The third-order valence-electron chi connectivity index (χ3n) is 3.72. The van der Waals surface area contributed by atoms with E-state index in [2.05, 4.69) is 5.32 Å². The quantitative estimate of drug-likeness (QED) is 0.824. The molecule has 2 rings (SSSR count). The fraction of sp³-hybridized carbons (Fsp3) is 0.222. The summed E-state index contributed by atoms with van der Waals surface area (Å²) < 4.78 is 42.7. The SMILES string of the molecule is COc1ccc(C[C@H](NC(=O)c2ccc(C(F)(F)F)cc2)C(N)=O)cc1. The monoisotopic (exact) mass is 366 g/mol. The second kappa shape index (κ2) is 7.90. The van der Waals surface area contributed by atoms with Crippen molar-refractivity contribution in [1.82, 2.24) is 5.32 Å². The van der Waals surface area contributed by atoms with Gasteiger partial charge in [-0.15, -0.1) is 0 Å². The molecule has 0 aliphatic carbocycles. The van der Waals surface area contributed by atoms with E-state index in [0.717, 1.165) is 29.8 Å². The molecule has 3 N–H and O–H groups in total. The number of amides is 2. The van der Waals surface area contributed by atoms with Crippen molar-refractivity contribution in [2.24, 2.45) is 5.73 Å². The van der Waals surface area contributed by atoms with Crippen molar-refractivity contribution in [3.05, 3.63) is 65.2 Å². The van der Waals surface area contributed by atoms with Crippen molar-refractivity contribution in [2.45, 2.75) is 18.6 Å². The van der Waals surface area contributed by atoms with Gasteiger partial charge in [0.2, 0.25) is 5.91 Å². The van der Waals surface area contributed by atoms with Crippen LogP contribution in [0, 0.1) is 0 Å². The molecule has 0 aliphatic rings. The molecule has 2 amide bonds. The number of halogens is 3. The van der Waals surface area contributed by atoms with Gasteiger partial charge in [-0.25, -0.2) is 0 Å². The number of alkyl halides is 3. The van der Waals surface area contributed by atoms with E-state index in [9.17, 15) is 22.8 Å². The van der Waals surface area contributed by atoms with Crippen molar-refractivity contribution in [3.8, 4) is 5.75 Å². The summed E-state index contributed by atoms with van der Waals surface area (Å²) >= 11 is 0. The molecule has 0 spiro atoms. The summed E-state index contributed by atoms with van der Waals surface area (Å²) in [5, 5.41) is 2.44. The molecule has 138 valence electrons. The highest BCUT2D eigenvalue weighted by atomic mass is 19.4. The number of carbonyl (C=O) groups excluding carboxylic acids is 2. The van der Waals surface area contributed by atoms with Gasteiger partial charge < -0.3 is 15.8 Å². The Morgan fingerprint density at radius 1 is 1.08 bits per heavy atom. The van der Waals surface area contributed by atoms with Gasteiger partial charge in [0.25, 0.3) is 5.91 Å². The molecular formula is C18H17F3N2O3. The van der Waals surface area contributed by atoms with Crippen molar-refractivity contribution in [1.29, 1.82) is 0 Å². The molecular weight excluding hydrogens is 349 g/mol. The van der Waals surface area contributed by atoms with Crippen LogP contribution in [-0.2, 0) is 17.4 Å². The molecule has 0 saturated carbocycles. The Bertz CT molecular complexity index is 772. The number of nitrogens with two attached hydrogens (primary N) is 1. The van der Waals surface area contributed by atoms with E-state index in [1.807, 2.05) is 0 Å². The number of nitrogens with one attached hydrogen (secondary N) is 1. The van der Waals surface area contributed by atoms with Crippen molar-refractivity contribution >= 4 is 11.8 Å². The first-order valence-electron chi connectivity index (χ1n) is 7.61. The average molecular weight is 366 g/mol. The van der Waals surface area contributed by atoms with E-state index in [1.165, 1.54) is 7.11 Å². The zero-order valence-corrected chi connectivity index (χ0v) is 13.8. The Hall–Kier alpha value is -3.03. The highest BCUT2D eigenvalue weighted by molar-refractivity contribution is 5.97. The first-order chi connectivity index (χ1) is 12.2. The smallest absolute Gasteiger partial charge is 0.416 e. The lowest BCUT2D eigenvalue weighted by Crippen LogP contribution is -2.45. The number of rotatable bonds is 6. The molecule has 0 aromatic heterocycles. The minimum atomic E-state index is -4.49. The number of primary amides is 1. The van der Waals surface area contributed by atoms with Crippen molar-refractivity contribution in [2.75, 3.05) is 7.11 Å². The highest BCUT2D eigenvalue weighted by Crippen LogP contribution is 2.29. The number of benzene rings is 2. The van der Waals surface area contributed by atoms with Crippen LogP contribution in [0.4, 0.5) is 13.2 Å². The fourth-order valence-electron chi connectivity index (χ4n) is 2.27. The van der Waals surface area contributed by atoms with E-state index < -0.39 is 29.6 Å². The second-order valence-electron chi connectivity index (χ2n) is 5.56. The molecule has 2 aromatic carbocycles. The predicted octanol–water partition coefficient (Wildman–Crippen LogP) is 2.54. The minimum absolute atomic E-state index is 0.000944. The fourth-order valence-corrected chi connectivity index (χ4v) is 2.27. The van der Waals surface area contributed by atoms with Crippen LogP contribution in [-0.4, -0.2) is 25.0 Å². The zero-order chi connectivity index (χ0) is 19.3. The summed E-state index contributed by atoms with van der Waals surface area (Å²) in [5.41, 5.74) is 5.20. The van der Waals surface area contributed by atoms with Gasteiger partial charge >= 0.3 is 6.18 Å². The standard InChI is InChI=1S/C18H17F3N2O3/c1-26-14-8-2-11(3-9-14)10-15(16(22)24)23-17(25)12-4-6-13(7-5-12)18(19,20)21/h2-9,15H,10H2,1H3,(H2,22,24)(H,23,25)/t15-/m0/s1. The van der Waals surface area contributed by atoms with Gasteiger partial charge in [-0.1, -0.05) is 12.1 Å². The lowest BCUT2D eigenvalue weighted by atomic mass is 10.0. The third-order valence-corrected chi connectivity index (χ3v) is 3.72. The van der Waals surface area contributed by atoms with Crippen LogP contribution in [0.1, 0.15) is 21.5 Å². The molecule has 2 aromatic rings. The zero-order valence-electron chi connectivity index (χ0n) is 13.8. The molecule has 5 nitrogen and oxygen atoms in total. The Balaban J connectivity index is 2.08. The third kappa shape index (κ3) is 4.98. The first kappa shape index (κ1) is 19.3. The summed E-state index contributed by atoms with van der Waals surface area (Å²) in [7, 11) is 1.52. The topological polar surface area (TPSA) is 81.4 Å². The number of ether oxygens (including phenoxy) is 1. The molecule has 26 heavy (non-hydrogen) atoms. The van der Waals surface area contributed by atoms with Gasteiger partial charge in [-0.2, -0.15) is 13.2 Å². The molecule has 0 unspecified atom stereocenters. The van der Waals surface area contributed by atoms with Crippen molar-refractivity contribution < 1.29 is 27.5 Å². The van der Waals surface area contributed by atoms with Crippen LogP contribution < -0.4 is 15.8 Å². The van der Waals surface area contributed by atoms with Gasteiger partial charge in [0.05, 0.1) is 12.7 Å². The number of carbonyl (C=O) groups is 2. The van der Waals surface area contributed by atoms with Gasteiger partial charge in [-0.05, 0) is 42.0 Å². The van der Waals surface area contributed by atoms with Crippen LogP contribution in [0.3, 0.4) is 0 Å². The van der Waals surface area contributed by atoms with Gasteiger partial charge in [-0.3, -0.25) is 9.59 Å². The Kier molecular flexibility index (Phi) is 5.86. The van der Waals surface area contributed by atoms with Crippen LogP contribution >= 0.6 is 0 Å². The Labute approximate surface area is 148 Å². The highest BCUT2D eigenvalue weighted by Gasteiger charge is 2.30. The van der Waals surface area contributed by atoms with E-state index in [-0.39, 0.29) is 12.0 Å². The normalized spacial score (nSPS) is 12.3. The Morgan fingerprint density at radius 2 is 1.65 bits per heavy atom. The molecule has 0 saturated heterocycles. The predicted molar refractivity (Wildman–Crippen MR) is 88.6 cm³/mol. The molecule has 0 aliphatic heterocycles. The lowest BCUT2D eigenvalue weighted by Gasteiger charge is -2.16. The second-order valence-corrected chi connectivity index (χ2v) is 5.56. The molecule has 0 bridgehead atoms. The van der Waals surface area contributed by atoms with Crippen LogP contribution in [0.2, 0.25) is 0 Å². The number of hydrogen-bond donors (Lipinski definition) is 2. The van der Waals surface area contributed by atoms with Crippen LogP contribution in [0.5, 0.6) is 5.75 Å². The summed E-state index contributed by atoms with van der Waals surface area (Å²) in [6, 6.07) is 9.54. The molecule has 0 fully saturated rings. The number of hydrogen-bond acceptors (Lipinski definition) is 3. The maximum atomic E-state index is 12.6. The summed E-state index contributed by atoms with van der Waals surface area (Å²) in [5.74, 6) is -0.796. The molecule has 0 heterocycles. The van der Waals surface area contributed by atoms with E-state index in [1.54, 1.807) is 24.3 Å². The maximum Gasteiger partial charge on any atom is 0.416 e. The maximum absolute atomic E-state index is 12.6. The largest absolute Gasteiger partial charge is 0.497 e. The van der Waals surface area contributed by atoms with E-state index >= 15 is 0 Å². The van der Waals surface area contributed by atoms with Gasteiger partial charge in [0.15, 0.2) is 0 Å². The molecule has 8 heteroatoms. The van der Waals surface area contributed by atoms with Gasteiger partial charge in [0.1, 0.15) is 11.8 Å². The lowest BCUT2D eigenvalue weighted by molar-refractivity contribution is -0.137. The van der Waals surface area contributed by atoms with E-state index in [4.69, 9.17) is 10.5 Å². The first-order valence-corrected chi connectivity index (χ1v) is 7.61. The van der Waals surface area contributed by atoms with E-state index in [0.29, 0.717) is 5.75 Å². The van der Waals surface area contributed by atoms with Crippen LogP contribution in [0.15, 0.2) is 48.5 Å². The molecule has 1 atom stereocenters. The number of methoxy groups -OCH3 is 1. The van der Waals surface area contributed by atoms with Crippen molar-refractivity contribution in [3.63, 3.8) is 0 Å². The van der Waals surface area contributed by atoms with Gasteiger partial charge in [0, 0.05) is 12.0 Å². The minimum Gasteiger partial charge on any atom is -0.497 e. The summed E-state index contributed by atoms with van der Waals surface area (Å²) in [6.07, 6.45) is -4.34. The molecule has 0 radical (unpaired) electrons. The summed E-state index contributed by atoms with van der Waals surface area (Å²) in [4.78, 5) is 23.8. The van der Waals surface area contributed by atoms with Crippen LogP contribution in [0.25, 0.3) is 0 Å². The average Bonchev–Trinajstić information content (AvgIpc) is 2.61. The summed E-state index contributed by atoms with van der Waals surface area (Å²) in [6.45, 7) is 0.